The Hall–Kier alpha value is -3.09. The van der Waals surface area contributed by atoms with Crippen LogP contribution in [0.15, 0.2) is 54.6 Å². The van der Waals surface area contributed by atoms with Crippen molar-refractivity contribution in [3.05, 3.63) is 71.3 Å². The van der Waals surface area contributed by atoms with Gasteiger partial charge in [0.1, 0.15) is 0 Å². The molecule has 0 aliphatic carbocycles. The fourth-order valence-corrected chi connectivity index (χ4v) is 2.28. The molecule has 27 heavy (non-hydrogen) atoms. The largest absolute Gasteiger partial charge is 0.449 e. The van der Waals surface area contributed by atoms with E-state index < -0.39 is 35.4 Å². The van der Waals surface area contributed by atoms with Gasteiger partial charge in [0.25, 0.3) is 5.91 Å². The number of amides is 1. The van der Waals surface area contributed by atoms with Crippen LogP contribution in [0.5, 0.6) is 0 Å². The van der Waals surface area contributed by atoms with E-state index >= 15 is 0 Å². The summed E-state index contributed by atoms with van der Waals surface area (Å²) in [5, 5.41) is 2.14. The van der Waals surface area contributed by atoms with Gasteiger partial charge in [-0.3, -0.25) is 4.79 Å². The molecule has 142 valence electrons. The molecule has 0 spiro atoms. The van der Waals surface area contributed by atoms with Gasteiger partial charge >= 0.3 is 12.1 Å². The molecule has 0 bridgehead atoms. The lowest BCUT2D eigenvalue weighted by Crippen LogP contribution is -2.30. The van der Waals surface area contributed by atoms with Gasteiger partial charge in [-0.05, 0) is 37.6 Å². The van der Waals surface area contributed by atoms with E-state index in [1.165, 1.54) is 25.1 Å². The highest BCUT2D eigenvalue weighted by molar-refractivity contribution is 5.97. The highest BCUT2D eigenvalue weighted by Gasteiger charge is 2.34. The van der Waals surface area contributed by atoms with Crippen molar-refractivity contribution < 1.29 is 27.5 Å². The Morgan fingerprint density at radius 2 is 1.81 bits per heavy atom. The Bertz CT molecular complexity index is 860. The standard InChI is InChI=1S/C20H18F3NO3/c1-13-6-5-7-15(12-13)10-11-18(25)27-14(2)19(26)24-17-9-4-3-8-16(17)20(21,22)23/h3-12,14H,1-2H3,(H,24,26)/b11-10+/t14-/m0/s1. The van der Waals surface area contributed by atoms with Crippen LogP contribution in [0.4, 0.5) is 18.9 Å². The Morgan fingerprint density at radius 3 is 2.48 bits per heavy atom. The molecule has 2 aromatic rings. The molecule has 0 aliphatic heterocycles. The summed E-state index contributed by atoms with van der Waals surface area (Å²) >= 11 is 0. The molecule has 0 aliphatic rings. The summed E-state index contributed by atoms with van der Waals surface area (Å²) in [6.07, 6.45) is -3.19. The van der Waals surface area contributed by atoms with Crippen LogP contribution in [0, 0.1) is 6.92 Å². The van der Waals surface area contributed by atoms with E-state index in [2.05, 4.69) is 5.32 Å². The van der Waals surface area contributed by atoms with Crippen molar-refractivity contribution in [2.75, 3.05) is 5.32 Å². The van der Waals surface area contributed by atoms with Gasteiger partial charge < -0.3 is 10.1 Å². The SMILES string of the molecule is Cc1cccc(/C=C/C(=O)O[C@@H](C)C(=O)Nc2ccccc2C(F)(F)F)c1. The minimum absolute atomic E-state index is 0.395. The molecule has 0 saturated heterocycles. The Labute approximate surface area is 154 Å². The summed E-state index contributed by atoms with van der Waals surface area (Å²) in [4.78, 5) is 23.9. The topological polar surface area (TPSA) is 55.4 Å². The molecule has 4 nitrogen and oxygen atoms in total. The molecular weight excluding hydrogens is 359 g/mol. The van der Waals surface area contributed by atoms with Crippen molar-refractivity contribution in [1.82, 2.24) is 0 Å². The maximum Gasteiger partial charge on any atom is 0.418 e. The third kappa shape index (κ3) is 5.99. The first-order valence-electron chi connectivity index (χ1n) is 8.09. The smallest absolute Gasteiger partial charge is 0.418 e. The first-order chi connectivity index (χ1) is 12.7. The number of benzene rings is 2. The summed E-state index contributed by atoms with van der Waals surface area (Å²) in [6, 6.07) is 12.0. The number of rotatable bonds is 5. The molecule has 7 heteroatoms. The zero-order valence-corrected chi connectivity index (χ0v) is 14.7. The van der Waals surface area contributed by atoms with Crippen LogP contribution in [0.25, 0.3) is 6.08 Å². The number of hydrogen-bond donors (Lipinski definition) is 1. The van der Waals surface area contributed by atoms with Crippen LogP contribution < -0.4 is 5.32 Å². The normalized spacial score (nSPS) is 12.6. The average Bonchev–Trinajstić information content (AvgIpc) is 2.59. The van der Waals surface area contributed by atoms with E-state index in [1.54, 1.807) is 6.07 Å². The second-order valence-corrected chi connectivity index (χ2v) is 5.86. The van der Waals surface area contributed by atoms with E-state index in [9.17, 15) is 22.8 Å². The van der Waals surface area contributed by atoms with Gasteiger partial charge in [-0.25, -0.2) is 4.79 Å². The van der Waals surface area contributed by atoms with Crippen LogP contribution in [-0.2, 0) is 20.5 Å². The first kappa shape index (κ1) is 20.2. The predicted molar refractivity (Wildman–Crippen MR) is 95.8 cm³/mol. The van der Waals surface area contributed by atoms with E-state index in [4.69, 9.17) is 4.74 Å². The van der Waals surface area contributed by atoms with Crippen LogP contribution >= 0.6 is 0 Å². The van der Waals surface area contributed by atoms with E-state index in [1.807, 2.05) is 25.1 Å². The number of aryl methyl sites for hydroxylation is 1. The quantitative estimate of drug-likeness (QED) is 0.612. The maximum absolute atomic E-state index is 13.0. The number of carbonyl (C=O) groups excluding carboxylic acids is 2. The van der Waals surface area contributed by atoms with E-state index in [0.717, 1.165) is 29.3 Å². The Morgan fingerprint density at radius 1 is 1.11 bits per heavy atom. The van der Waals surface area contributed by atoms with Crippen molar-refractivity contribution in [2.45, 2.75) is 26.1 Å². The highest BCUT2D eigenvalue weighted by atomic mass is 19.4. The lowest BCUT2D eigenvalue weighted by Gasteiger charge is -2.16. The second-order valence-electron chi connectivity index (χ2n) is 5.86. The van der Waals surface area contributed by atoms with Crippen molar-refractivity contribution in [3.8, 4) is 0 Å². The fraction of sp³-hybridized carbons (Fsp3) is 0.200. The van der Waals surface area contributed by atoms with Crippen molar-refractivity contribution in [1.29, 1.82) is 0 Å². The molecule has 2 rings (SSSR count). The summed E-state index contributed by atoms with van der Waals surface area (Å²) in [6.45, 7) is 3.19. The minimum Gasteiger partial charge on any atom is -0.449 e. The van der Waals surface area contributed by atoms with Gasteiger partial charge in [-0.15, -0.1) is 0 Å². The number of nitrogens with one attached hydrogen (secondary N) is 1. The van der Waals surface area contributed by atoms with Crippen molar-refractivity contribution >= 4 is 23.6 Å². The monoisotopic (exact) mass is 377 g/mol. The predicted octanol–water partition coefficient (Wildman–Crippen LogP) is 4.60. The summed E-state index contributed by atoms with van der Waals surface area (Å²) in [7, 11) is 0. The summed E-state index contributed by atoms with van der Waals surface area (Å²) in [5.41, 5.74) is 0.425. The molecule has 0 fully saturated rings. The minimum atomic E-state index is -4.61. The number of para-hydroxylation sites is 1. The average molecular weight is 377 g/mol. The third-order valence-electron chi connectivity index (χ3n) is 3.61. The summed E-state index contributed by atoms with van der Waals surface area (Å²) < 4.78 is 43.8. The number of halogens is 3. The molecule has 0 saturated carbocycles. The van der Waals surface area contributed by atoms with E-state index in [0.29, 0.717) is 0 Å². The zero-order valence-electron chi connectivity index (χ0n) is 14.7. The molecule has 1 atom stereocenters. The molecule has 0 aromatic heterocycles. The Balaban J connectivity index is 1.99. The van der Waals surface area contributed by atoms with Crippen LogP contribution in [-0.4, -0.2) is 18.0 Å². The van der Waals surface area contributed by atoms with Gasteiger partial charge in [0.15, 0.2) is 6.10 Å². The number of alkyl halides is 3. The number of esters is 1. The molecule has 0 radical (unpaired) electrons. The second kappa shape index (κ2) is 8.53. The van der Waals surface area contributed by atoms with Crippen LogP contribution in [0.2, 0.25) is 0 Å². The maximum atomic E-state index is 13.0. The van der Waals surface area contributed by atoms with Crippen LogP contribution in [0.1, 0.15) is 23.6 Å². The number of anilines is 1. The van der Waals surface area contributed by atoms with Crippen LogP contribution in [0.3, 0.4) is 0 Å². The molecule has 0 heterocycles. The number of hydrogen-bond acceptors (Lipinski definition) is 3. The third-order valence-corrected chi connectivity index (χ3v) is 3.61. The van der Waals surface area contributed by atoms with Crippen molar-refractivity contribution in [2.24, 2.45) is 0 Å². The fourth-order valence-electron chi connectivity index (χ4n) is 2.28. The molecular formula is C20H18F3NO3. The zero-order chi connectivity index (χ0) is 20.0. The molecule has 2 aromatic carbocycles. The number of ether oxygens (including phenoxy) is 1. The van der Waals surface area contributed by atoms with Gasteiger partial charge in [-0.1, -0.05) is 42.0 Å². The number of carbonyl (C=O) groups is 2. The first-order valence-corrected chi connectivity index (χ1v) is 8.09. The van der Waals surface area contributed by atoms with Gasteiger partial charge in [-0.2, -0.15) is 13.2 Å². The van der Waals surface area contributed by atoms with E-state index in [-0.39, 0.29) is 0 Å². The van der Waals surface area contributed by atoms with Gasteiger partial charge in [0, 0.05) is 6.08 Å². The lowest BCUT2D eigenvalue weighted by molar-refractivity contribution is -0.148. The van der Waals surface area contributed by atoms with Crippen molar-refractivity contribution in [3.63, 3.8) is 0 Å². The molecule has 1 N–H and O–H groups in total. The Kier molecular flexibility index (Phi) is 6.39. The molecule has 0 unspecified atom stereocenters. The highest BCUT2D eigenvalue weighted by Crippen LogP contribution is 2.34. The van der Waals surface area contributed by atoms with Gasteiger partial charge in [0.2, 0.25) is 0 Å². The molecule has 1 amide bonds. The summed E-state index contributed by atoms with van der Waals surface area (Å²) in [5.74, 6) is -1.63. The lowest BCUT2D eigenvalue weighted by atomic mass is 10.1. The van der Waals surface area contributed by atoms with Gasteiger partial charge in [0.05, 0.1) is 11.3 Å².